The fourth-order valence-electron chi connectivity index (χ4n) is 2.01. The summed E-state index contributed by atoms with van der Waals surface area (Å²) in [6.07, 6.45) is -2.49. The third-order valence-corrected chi connectivity index (χ3v) is 3.14. The van der Waals surface area contributed by atoms with Crippen LogP contribution in [0.25, 0.3) is 0 Å². The quantitative estimate of drug-likeness (QED) is 0.364. The van der Waals surface area contributed by atoms with Gasteiger partial charge in [0, 0.05) is 0 Å². The molecule has 0 aromatic carbocycles. The Morgan fingerprint density at radius 2 is 2.05 bits per heavy atom. The van der Waals surface area contributed by atoms with Crippen molar-refractivity contribution in [2.45, 2.75) is 18.3 Å². The number of aliphatic hydroxyl groups is 3. The lowest BCUT2D eigenvalue weighted by molar-refractivity contribution is -0.397. The molecule has 1 fully saturated rings. The van der Waals surface area contributed by atoms with Crippen LogP contribution in [0.15, 0.2) is 11.3 Å². The van der Waals surface area contributed by atoms with Gasteiger partial charge in [-0.25, -0.2) is 4.79 Å². The van der Waals surface area contributed by atoms with Crippen LogP contribution in [0.4, 0.5) is 4.79 Å². The molecule has 0 aliphatic carbocycles. The van der Waals surface area contributed by atoms with Crippen LogP contribution in [0.5, 0.6) is 0 Å². The minimum Gasteiger partial charge on any atom is -0.486 e. The Morgan fingerprint density at radius 3 is 2.58 bits per heavy atom. The number of imide groups is 1. The summed E-state index contributed by atoms with van der Waals surface area (Å²) in [6, 6.07) is -0.513. The topological polar surface area (TPSA) is 110 Å². The maximum Gasteiger partial charge on any atom is 0.500 e. The zero-order valence-corrected chi connectivity index (χ0v) is 10.5. The monoisotopic (exact) mass is 271 g/mol. The highest BCUT2D eigenvalue weighted by atomic mass is 16.5. The first kappa shape index (κ1) is 13.7. The van der Waals surface area contributed by atoms with E-state index >= 15 is 0 Å². The molecule has 0 bridgehead atoms. The summed E-state index contributed by atoms with van der Waals surface area (Å²) in [4.78, 5) is 24.4. The number of nitrogens with zero attached hydrogens (tertiary/aromatic N) is 2. The molecular weight excluding hydrogens is 256 g/mol. The zero-order chi connectivity index (χ0) is 14.3. The molecule has 0 radical (unpaired) electrons. The predicted molar refractivity (Wildman–Crippen MR) is 61.4 cm³/mol. The number of carbonyl (C=O) groups is 2. The van der Waals surface area contributed by atoms with Crippen LogP contribution in [0.2, 0.25) is 0 Å². The Hall–Kier alpha value is -1.77. The summed E-state index contributed by atoms with van der Waals surface area (Å²) in [5.41, 5.74) is -0.0212. The number of likely N-dealkylation sites (N-methyl/N-ethyl adjacent to an activating group) is 1. The lowest BCUT2D eigenvalue weighted by Gasteiger charge is -2.16. The predicted octanol–water partition coefficient (Wildman–Crippen LogP) is -2.34. The van der Waals surface area contributed by atoms with Gasteiger partial charge in [0.2, 0.25) is 0 Å². The summed E-state index contributed by atoms with van der Waals surface area (Å²) < 4.78 is 6.35. The number of urea groups is 1. The van der Waals surface area contributed by atoms with Crippen molar-refractivity contribution in [3.05, 3.63) is 11.3 Å². The van der Waals surface area contributed by atoms with Gasteiger partial charge in [-0.1, -0.05) is 0 Å². The highest BCUT2D eigenvalue weighted by Gasteiger charge is 2.46. The molecule has 0 saturated carbocycles. The summed E-state index contributed by atoms with van der Waals surface area (Å²) in [5, 5.41) is 28.5. The molecule has 2 heterocycles. The van der Waals surface area contributed by atoms with Crippen LogP contribution >= 0.6 is 0 Å². The lowest BCUT2D eigenvalue weighted by atomic mass is 10.1. The second kappa shape index (κ2) is 4.72. The van der Waals surface area contributed by atoms with Gasteiger partial charge in [0.05, 0.1) is 20.7 Å². The van der Waals surface area contributed by atoms with E-state index in [0.29, 0.717) is 0 Å². The van der Waals surface area contributed by atoms with E-state index < -0.39 is 36.9 Å². The average Bonchev–Trinajstić information content (AvgIpc) is 2.68. The standard InChI is InChI=1S/C11H15N2O6/c1-12-3-5(10(17)13(2)11(12)18)9-8(16)7(15)6(4-14)19-9/h3,6-8,14-16H,4H2,1-2H3/q+1/b9-5+/t6-,7-,8-/m1/s1. The minimum atomic E-state index is -1.41. The third kappa shape index (κ3) is 2.03. The fraction of sp³-hybridized carbons (Fsp3) is 0.545. The van der Waals surface area contributed by atoms with E-state index in [4.69, 9.17) is 9.84 Å². The molecule has 0 aromatic rings. The largest absolute Gasteiger partial charge is 0.500 e. The molecule has 3 amide bonds. The molecule has 3 atom stereocenters. The summed E-state index contributed by atoms with van der Waals surface area (Å²) in [5.74, 6) is -0.773. The first-order valence-corrected chi connectivity index (χ1v) is 5.66. The molecule has 0 unspecified atom stereocenters. The van der Waals surface area contributed by atoms with Crippen molar-refractivity contribution in [1.82, 2.24) is 4.90 Å². The van der Waals surface area contributed by atoms with Gasteiger partial charge in [0.15, 0.2) is 6.10 Å². The number of amides is 3. The van der Waals surface area contributed by atoms with Crippen LogP contribution < -0.4 is 0 Å². The van der Waals surface area contributed by atoms with E-state index in [-0.39, 0.29) is 11.3 Å². The van der Waals surface area contributed by atoms with Crippen molar-refractivity contribution < 1.29 is 34.2 Å². The van der Waals surface area contributed by atoms with E-state index in [2.05, 4.69) is 0 Å². The number of rotatable bonds is 1. The zero-order valence-electron chi connectivity index (χ0n) is 10.5. The first-order chi connectivity index (χ1) is 8.88. The Bertz CT molecular complexity index is 497. The molecule has 0 spiro atoms. The fourth-order valence-corrected chi connectivity index (χ4v) is 2.01. The second-order valence-corrected chi connectivity index (χ2v) is 4.44. The van der Waals surface area contributed by atoms with Gasteiger partial charge in [-0.3, -0.25) is 0 Å². The Balaban J connectivity index is 2.48. The lowest BCUT2D eigenvalue weighted by Crippen LogP contribution is -2.45. The number of carbonyl (C=O) groups excluding carboxylic acids is 2. The van der Waals surface area contributed by atoms with E-state index in [0.717, 1.165) is 4.90 Å². The minimum absolute atomic E-state index is 0.0212. The van der Waals surface area contributed by atoms with Crippen molar-refractivity contribution in [2.24, 2.45) is 0 Å². The van der Waals surface area contributed by atoms with Gasteiger partial charge in [-0.15, -0.1) is 0 Å². The third-order valence-electron chi connectivity index (χ3n) is 3.14. The molecule has 2 aliphatic rings. The molecule has 2 aliphatic heterocycles. The first-order valence-electron chi connectivity index (χ1n) is 5.66. The summed E-state index contributed by atoms with van der Waals surface area (Å²) >= 11 is 0. The van der Waals surface area contributed by atoms with Crippen LogP contribution in [0.3, 0.4) is 0 Å². The van der Waals surface area contributed by atoms with Crippen molar-refractivity contribution in [3.8, 4) is 0 Å². The van der Waals surface area contributed by atoms with Gasteiger partial charge in [-0.2, -0.15) is 14.3 Å². The maximum absolute atomic E-state index is 12.0. The van der Waals surface area contributed by atoms with Gasteiger partial charge < -0.3 is 20.1 Å². The molecule has 0 aromatic heterocycles. The van der Waals surface area contributed by atoms with E-state index in [1.165, 1.54) is 24.9 Å². The number of hydrogen-bond donors (Lipinski definition) is 3. The molecule has 1 saturated heterocycles. The number of hydrogen-bond acceptors (Lipinski definition) is 6. The van der Waals surface area contributed by atoms with Gasteiger partial charge in [0.1, 0.15) is 29.8 Å². The molecule has 2 rings (SSSR count). The molecular formula is C11H15N2O6+. The van der Waals surface area contributed by atoms with Crippen molar-refractivity contribution in [3.63, 3.8) is 0 Å². The van der Waals surface area contributed by atoms with E-state index in [1.54, 1.807) is 0 Å². The van der Waals surface area contributed by atoms with Crippen LogP contribution in [-0.4, -0.2) is 82.0 Å². The van der Waals surface area contributed by atoms with Crippen LogP contribution in [-0.2, 0) is 9.53 Å². The SMILES string of the molecule is CN1C(=O)/C(=C2/O[C@H](CO)[C@@H](O)[C@H]2O)C=[N+](C)C1=O. The maximum atomic E-state index is 12.0. The summed E-state index contributed by atoms with van der Waals surface area (Å²) in [7, 11) is 2.75. The van der Waals surface area contributed by atoms with Crippen molar-refractivity contribution in [1.29, 1.82) is 0 Å². The summed E-state index contributed by atoms with van der Waals surface area (Å²) in [6.45, 7) is -0.492. The molecule has 3 N–H and O–H groups in total. The Morgan fingerprint density at radius 1 is 1.42 bits per heavy atom. The van der Waals surface area contributed by atoms with E-state index in [1.807, 2.05) is 0 Å². The molecule has 19 heavy (non-hydrogen) atoms. The Labute approximate surface area is 108 Å². The number of aliphatic hydroxyl groups excluding tert-OH is 3. The van der Waals surface area contributed by atoms with Gasteiger partial charge in [0.25, 0.3) is 0 Å². The van der Waals surface area contributed by atoms with Crippen LogP contribution in [0.1, 0.15) is 0 Å². The molecule has 8 nitrogen and oxygen atoms in total. The molecule has 8 heteroatoms. The van der Waals surface area contributed by atoms with E-state index in [9.17, 15) is 19.8 Å². The van der Waals surface area contributed by atoms with Crippen molar-refractivity contribution >= 4 is 18.2 Å². The van der Waals surface area contributed by atoms with Gasteiger partial charge in [-0.05, 0) is 0 Å². The highest BCUT2D eigenvalue weighted by Crippen LogP contribution is 2.28. The van der Waals surface area contributed by atoms with Crippen LogP contribution in [0, 0.1) is 0 Å². The Kier molecular flexibility index (Phi) is 3.40. The smallest absolute Gasteiger partial charge is 0.486 e. The second-order valence-electron chi connectivity index (χ2n) is 4.44. The molecule has 104 valence electrons. The normalized spacial score (nSPS) is 35.5. The highest BCUT2D eigenvalue weighted by molar-refractivity contribution is 6.18. The van der Waals surface area contributed by atoms with Crippen molar-refractivity contribution in [2.75, 3.05) is 20.7 Å². The van der Waals surface area contributed by atoms with Gasteiger partial charge >= 0.3 is 11.9 Å². The average molecular weight is 271 g/mol. The number of ether oxygens (including phenoxy) is 1.